The van der Waals surface area contributed by atoms with Crippen LogP contribution in [0.2, 0.25) is 0 Å². The van der Waals surface area contributed by atoms with Gasteiger partial charge in [-0.05, 0) is 13.3 Å². The maximum Gasteiger partial charge on any atom is 0.183 e. The van der Waals surface area contributed by atoms with Gasteiger partial charge in [-0.2, -0.15) is 0 Å². The molecule has 1 aliphatic heterocycles. The second kappa shape index (κ2) is 3.84. The maximum atomic E-state index is 8.97. The van der Waals surface area contributed by atoms with Gasteiger partial charge in [-0.3, -0.25) is 0 Å². The largest absolute Gasteiger partial charge is 0.396 e. The molecule has 78 valence electrons. The fourth-order valence-electron chi connectivity index (χ4n) is 1.61. The number of aromatic nitrogens is 1. The molecule has 0 amide bonds. The van der Waals surface area contributed by atoms with Gasteiger partial charge in [0.2, 0.25) is 0 Å². The van der Waals surface area contributed by atoms with Crippen molar-refractivity contribution in [2.45, 2.75) is 18.9 Å². The quantitative estimate of drug-likeness (QED) is 0.685. The van der Waals surface area contributed by atoms with Crippen molar-refractivity contribution in [1.29, 1.82) is 0 Å². The molecule has 1 fully saturated rings. The van der Waals surface area contributed by atoms with Crippen molar-refractivity contribution >= 4 is 16.5 Å². The highest BCUT2D eigenvalue weighted by molar-refractivity contribution is 7.13. The third-order valence-electron chi connectivity index (χ3n) is 2.51. The number of aliphatic hydroxyl groups is 1. The highest BCUT2D eigenvalue weighted by atomic mass is 32.1. The van der Waals surface area contributed by atoms with Gasteiger partial charge in [0, 0.05) is 25.1 Å². The lowest BCUT2D eigenvalue weighted by Crippen LogP contribution is -2.64. The van der Waals surface area contributed by atoms with Crippen LogP contribution < -0.4 is 10.6 Å². The van der Waals surface area contributed by atoms with Gasteiger partial charge < -0.3 is 15.7 Å². The Morgan fingerprint density at radius 3 is 2.93 bits per heavy atom. The monoisotopic (exact) mass is 213 g/mol. The first kappa shape index (κ1) is 9.89. The molecule has 0 spiro atoms. The molecular weight excluding hydrogens is 198 g/mol. The molecule has 0 unspecified atom stereocenters. The second-order valence-corrected chi connectivity index (χ2v) is 4.63. The molecule has 3 N–H and O–H groups in total. The van der Waals surface area contributed by atoms with Crippen LogP contribution in [0.3, 0.4) is 0 Å². The Morgan fingerprint density at radius 2 is 2.50 bits per heavy atom. The van der Waals surface area contributed by atoms with Gasteiger partial charge >= 0.3 is 0 Å². The number of aliphatic hydroxyl groups excluding tert-OH is 1. The minimum atomic E-state index is 0.0268. The van der Waals surface area contributed by atoms with Gasteiger partial charge in [-0.15, -0.1) is 11.3 Å². The number of thiazole rings is 1. The Hall–Kier alpha value is -0.650. The fourth-order valence-corrected chi connectivity index (χ4v) is 2.41. The normalized spacial score (nSPS) is 19.0. The van der Waals surface area contributed by atoms with E-state index in [0.29, 0.717) is 0 Å². The molecule has 0 aliphatic carbocycles. The zero-order chi connectivity index (χ0) is 10.0. The second-order valence-electron chi connectivity index (χ2n) is 3.78. The van der Waals surface area contributed by atoms with Crippen molar-refractivity contribution < 1.29 is 5.11 Å². The molecule has 5 heteroatoms. The predicted octanol–water partition coefficient (Wildman–Crippen LogP) is 0.588. The molecule has 1 aromatic heterocycles. The summed E-state index contributed by atoms with van der Waals surface area (Å²) in [5.41, 5.74) is 1.07. The van der Waals surface area contributed by atoms with E-state index in [1.165, 1.54) is 0 Å². The van der Waals surface area contributed by atoms with E-state index in [1.807, 2.05) is 12.3 Å². The zero-order valence-electron chi connectivity index (χ0n) is 8.21. The molecule has 1 aromatic rings. The molecule has 14 heavy (non-hydrogen) atoms. The SMILES string of the molecule is Cc1csc(NC2(CCO)CNC2)n1. The highest BCUT2D eigenvalue weighted by Crippen LogP contribution is 2.24. The number of aryl methyl sites for hydroxylation is 1. The molecule has 0 aromatic carbocycles. The Balaban J connectivity index is 2.01. The van der Waals surface area contributed by atoms with Crippen LogP contribution >= 0.6 is 11.3 Å². The van der Waals surface area contributed by atoms with Crippen LogP contribution in [0.5, 0.6) is 0 Å². The Labute approximate surface area is 87.4 Å². The van der Waals surface area contributed by atoms with Gasteiger partial charge in [0.25, 0.3) is 0 Å². The van der Waals surface area contributed by atoms with Gasteiger partial charge in [0.1, 0.15) is 0 Å². The van der Waals surface area contributed by atoms with E-state index < -0.39 is 0 Å². The molecule has 1 aliphatic rings. The lowest BCUT2D eigenvalue weighted by Gasteiger charge is -2.43. The Bertz CT molecular complexity index is 309. The van der Waals surface area contributed by atoms with Crippen molar-refractivity contribution in [1.82, 2.24) is 10.3 Å². The molecule has 2 rings (SSSR count). The topological polar surface area (TPSA) is 57.2 Å². The molecule has 0 atom stereocenters. The zero-order valence-corrected chi connectivity index (χ0v) is 9.02. The summed E-state index contributed by atoms with van der Waals surface area (Å²) < 4.78 is 0. The first-order valence-corrected chi connectivity index (χ1v) is 5.64. The van der Waals surface area contributed by atoms with Gasteiger partial charge in [-0.1, -0.05) is 0 Å². The molecule has 4 nitrogen and oxygen atoms in total. The van der Waals surface area contributed by atoms with E-state index in [9.17, 15) is 0 Å². The summed E-state index contributed by atoms with van der Waals surface area (Å²) in [5.74, 6) is 0. The standard InChI is InChI=1S/C9H15N3OS/c1-7-4-14-8(11-7)12-9(2-3-13)5-10-6-9/h4,10,13H,2-3,5-6H2,1H3,(H,11,12). The number of anilines is 1. The van der Waals surface area contributed by atoms with Crippen LogP contribution in [-0.2, 0) is 0 Å². The van der Waals surface area contributed by atoms with E-state index in [4.69, 9.17) is 5.11 Å². The van der Waals surface area contributed by atoms with Crippen LogP contribution in [-0.4, -0.2) is 35.3 Å². The summed E-state index contributed by atoms with van der Waals surface area (Å²) >= 11 is 1.62. The summed E-state index contributed by atoms with van der Waals surface area (Å²) in [7, 11) is 0. The summed E-state index contributed by atoms with van der Waals surface area (Å²) in [4.78, 5) is 4.36. The van der Waals surface area contributed by atoms with Crippen molar-refractivity contribution in [2.24, 2.45) is 0 Å². The predicted molar refractivity (Wildman–Crippen MR) is 57.8 cm³/mol. The smallest absolute Gasteiger partial charge is 0.183 e. The maximum absolute atomic E-state index is 8.97. The van der Waals surface area contributed by atoms with Crippen LogP contribution in [0, 0.1) is 6.92 Å². The number of nitrogens with zero attached hydrogens (tertiary/aromatic N) is 1. The number of rotatable bonds is 4. The van der Waals surface area contributed by atoms with E-state index in [2.05, 4.69) is 15.6 Å². The van der Waals surface area contributed by atoms with Crippen molar-refractivity contribution in [2.75, 3.05) is 25.0 Å². The van der Waals surface area contributed by atoms with E-state index in [0.717, 1.165) is 30.3 Å². The van der Waals surface area contributed by atoms with Crippen molar-refractivity contribution in [3.63, 3.8) is 0 Å². The summed E-state index contributed by atoms with van der Waals surface area (Å²) in [6, 6.07) is 0. The summed E-state index contributed by atoms with van der Waals surface area (Å²) in [5, 5.41) is 18.6. The molecule has 0 bridgehead atoms. The molecule has 0 radical (unpaired) electrons. The van der Waals surface area contributed by atoms with Gasteiger partial charge in [0.15, 0.2) is 5.13 Å². The van der Waals surface area contributed by atoms with Gasteiger partial charge in [0.05, 0.1) is 11.2 Å². The lowest BCUT2D eigenvalue weighted by atomic mass is 9.89. The van der Waals surface area contributed by atoms with E-state index >= 15 is 0 Å². The van der Waals surface area contributed by atoms with Crippen LogP contribution in [0.15, 0.2) is 5.38 Å². The van der Waals surface area contributed by atoms with Crippen molar-refractivity contribution in [3.8, 4) is 0 Å². The lowest BCUT2D eigenvalue weighted by molar-refractivity contribution is 0.207. The van der Waals surface area contributed by atoms with E-state index in [1.54, 1.807) is 11.3 Å². The minimum absolute atomic E-state index is 0.0268. The third-order valence-corrected chi connectivity index (χ3v) is 3.38. The highest BCUT2D eigenvalue weighted by Gasteiger charge is 2.36. The summed E-state index contributed by atoms with van der Waals surface area (Å²) in [6.07, 6.45) is 0.776. The Kier molecular flexibility index (Phi) is 2.71. The number of hydrogen-bond acceptors (Lipinski definition) is 5. The van der Waals surface area contributed by atoms with Crippen LogP contribution in [0.1, 0.15) is 12.1 Å². The molecular formula is C9H15N3OS. The summed E-state index contributed by atoms with van der Waals surface area (Å²) in [6.45, 7) is 4.02. The fraction of sp³-hybridized carbons (Fsp3) is 0.667. The minimum Gasteiger partial charge on any atom is -0.396 e. The Morgan fingerprint density at radius 1 is 1.71 bits per heavy atom. The first-order valence-electron chi connectivity index (χ1n) is 4.76. The molecule has 2 heterocycles. The first-order chi connectivity index (χ1) is 6.74. The number of nitrogens with one attached hydrogen (secondary N) is 2. The van der Waals surface area contributed by atoms with E-state index in [-0.39, 0.29) is 12.1 Å². The molecule has 1 saturated heterocycles. The van der Waals surface area contributed by atoms with Crippen LogP contribution in [0.4, 0.5) is 5.13 Å². The van der Waals surface area contributed by atoms with Gasteiger partial charge in [-0.25, -0.2) is 4.98 Å². The van der Waals surface area contributed by atoms with Crippen molar-refractivity contribution in [3.05, 3.63) is 11.1 Å². The third kappa shape index (κ3) is 1.89. The van der Waals surface area contributed by atoms with Crippen LogP contribution in [0.25, 0.3) is 0 Å². The average molecular weight is 213 g/mol. The average Bonchev–Trinajstić information content (AvgIpc) is 2.48. The molecule has 0 saturated carbocycles. The number of hydrogen-bond donors (Lipinski definition) is 3.